The fraction of sp³-hybridized carbons (Fsp3) is 0.300. The summed E-state index contributed by atoms with van der Waals surface area (Å²) < 4.78 is 0. The van der Waals surface area contributed by atoms with Gasteiger partial charge in [0.25, 0.3) is 0 Å². The molecule has 1 fully saturated rings. The molecule has 3 nitrogen and oxygen atoms in total. The molecule has 2 aromatic carbocycles. The van der Waals surface area contributed by atoms with Gasteiger partial charge in [-0.25, -0.2) is 0 Å². The summed E-state index contributed by atoms with van der Waals surface area (Å²) in [5.41, 5.74) is 1.73. The lowest BCUT2D eigenvalue weighted by Crippen LogP contribution is -2.54. The SMILES string of the molecule is OC1CCNC(O)(C(=Cc2ccc(Cl)cc2)Cc2ccccc2)C1. The van der Waals surface area contributed by atoms with Crippen molar-refractivity contribution in [3.8, 4) is 0 Å². The van der Waals surface area contributed by atoms with Crippen molar-refractivity contribution < 1.29 is 10.2 Å². The van der Waals surface area contributed by atoms with Crippen LogP contribution in [0.25, 0.3) is 6.08 Å². The van der Waals surface area contributed by atoms with E-state index < -0.39 is 11.8 Å². The molecule has 0 bridgehead atoms. The highest BCUT2D eigenvalue weighted by Gasteiger charge is 2.36. The Morgan fingerprint density at radius 3 is 2.54 bits per heavy atom. The van der Waals surface area contributed by atoms with E-state index in [-0.39, 0.29) is 0 Å². The Hall–Kier alpha value is -1.65. The Kier molecular flexibility index (Phi) is 5.36. The van der Waals surface area contributed by atoms with E-state index in [0.717, 1.165) is 16.7 Å². The second-order valence-electron chi connectivity index (χ2n) is 6.32. The molecule has 0 radical (unpaired) electrons. The summed E-state index contributed by atoms with van der Waals surface area (Å²) in [6.45, 7) is 0.588. The Morgan fingerprint density at radius 2 is 1.88 bits per heavy atom. The standard InChI is InChI=1S/C20H22ClNO2/c21-18-8-6-16(7-9-18)13-17(12-15-4-2-1-3-5-15)20(24)14-19(23)10-11-22-20/h1-9,13,19,22-24H,10-12,14H2. The van der Waals surface area contributed by atoms with Gasteiger partial charge in [0, 0.05) is 18.0 Å². The molecule has 24 heavy (non-hydrogen) atoms. The second kappa shape index (κ2) is 7.49. The minimum absolute atomic E-state index is 0.291. The number of hydrogen-bond donors (Lipinski definition) is 3. The Morgan fingerprint density at radius 1 is 1.17 bits per heavy atom. The zero-order chi connectivity index (χ0) is 17.0. The summed E-state index contributed by atoms with van der Waals surface area (Å²) in [6.07, 6.45) is 3.04. The van der Waals surface area contributed by atoms with Gasteiger partial charge in [0.05, 0.1) is 6.10 Å². The number of aliphatic hydroxyl groups excluding tert-OH is 1. The van der Waals surface area contributed by atoms with Gasteiger partial charge in [-0.2, -0.15) is 0 Å². The highest BCUT2D eigenvalue weighted by Crippen LogP contribution is 2.29. The van der Waals surface area contributed by atoms with Crippen LogP contribution in [0.3, 0.4) is 0 Å². The molecule has 1 heterocycles. The number of aliphatic hydroxyl groups is 2. The zero-order valence-corrected chi connectivity index (χ0v) is 14.2. The summed E-state index contributed by atoms with van der Waals surface area (Å²) in [7, 11) is 0. The summed E-state index contributed by atoms with van der Waals surface area (Å²) in [6, 6.07) is 17.6. The predicted octanol–water partition coefficient (Wildman–Crippen LogP) is 3.40. The van der Waals surface area contributed by atoms with Crippen molar-refractivity contribution >= 4 is 17.7 Å². The van der Waals surface area contributed by atoms with Gasteiger partial charge in [-0.1, -0.05) is 60.1 Å². The molecule has 1 saturated heterocycles. The molecule has 0 aromatic heterocycles. The number of rotatable bonds is 4. The van der Waals surface area contributed by atoms with E-state index in [1.54, 1.807) is 0 Å². The van der Waals surface area contributed by atoms with Crippen molar-refractivity contribution in [2.75, 3.05) is 6.54 Å². The van der Waals surface area contributed by atoms with Crippen LogP contribution in [-0.4, -0.2) is 28.6 Å². The van der Waals surface area contributed by atoms with E-state index in [4.69, 9.17) is 11.6 Å². The fourth-order valence-corrected chi connectivity index (χ4v) is 3.22. The topological polar surface area (TPSA) is 52.5 Å². The second-order valence-corrected chi connectivity index (χ2v) is 6.75. The summed E-state index contributed by atoms with van der Waals surface area (Å²) >= 11 is 5.96. The zero-order valence-electron chi connectivity index (χ0n) is 13.5. The molecule has 2 atom stereocenters. The molecule has 2 aromatic rings. The van der Waals surface area contributed by atoms with Gasteiger partial charge >= 0.3 is 0 Å². The minimum atomic E-state index is -1.20. The monoisotopic (exact) mass is 343 g/mol. The van der Waals surface area contributed by atoms with Gasteiger partial charge in [-0.15, -0.1) is 0 Å². The molecule has 0 amide bonds. The quantitative estimate of drug-likeness (QED) is 0.797. The Balaban J connectivity index is 1.95. The lowest BCUT2D eigenvalue weighted by Gasteiger charge is -2.38. The van der Waals surface area contributed by atoms with Gasteiger partial charge in [0.1, 0.15) is 5.72 Å². The predicted molar refractivity (Wildman–Crippen MR) is 97.8 cm³/mol. The number of halogens is 1. The molecule has 1 aliphatic rings. The first-order valence-corrected chi connectivity index (χ1v) is 8.59. The van der Waals surface area contributed by atoms with Crippen molar-refractivity contribution in [3.05, 3.63) is 76.3 Å². The molecule has 2 unspecified atom stereocenters. The van der Waals surface area contributed by atoms with Gasteiger partial charge in [0.15, 0.2) is 0 Å². The summed E-state index contributed by atoms with van der Waals surface area (Å²) in [5.74, 6) is 0. The van der Waals surface area contributed by atoms with Crippen molar-refractivity contribution in [2.45, 2.75) is 31.1 Å². The first-order chi connectivity index (χ1) is 11.5. The third-order valence-corrected chi connectivity index (χ3v) is 4.66. The van der Waals surface area contributed by atoms with E-state index in [1.165, 1.54) is 0 Å². The van der Waals surface area contributed by atoms with Crippen LogP contribution in [-0.2, 0) is 6.42 Å². The first-order valence-electron chi connectivity index (χ1n) is 8.21. The molecule has 1 aliphatic heterocycles. The van der Waals surface area contributed by atoms with Crippen LogP contribution in [0, 0.1) is 0 Å². The van der Waals surface area contributed by atoms with E-state index in [1.807, 2.05) is 60.7 Å². The molecule has 0 spiro atoms. The number of piperidine rings is 1. The average molecular weight is 344 g/mol. The smallest absolute Gasteiger partial charge is 0.141 e. The molecule has 4 heteroatoms. The van der Waals surface area contributed by atoms with E-state index in [2.05, 4.69) is 5.32 Å². The lowest BCUT2D eigenvalue weighted by atomic mass is 9.86. The number of nitrogens with one attached hydrogen (secondary N) is 1. The third kappa shape index (κ3) is 4.25. The van der Waals surface area contributed by atoms with Gasteiger partial charge < -0.3 is 10.2 Å². The maximum atomic E-state index is 11.1. The Labute approximate surface area is 147 Å². The van der Waals surface area contributed by atoms with Crippen molar-refractivity contribution in [3.63, 3.8) is 0 Å². The molecule has 3 rings (SSSR count). The maximum absolute atomic E-state index is 11.1. The molecular weight excluding hydrogens is 322 g/mol. The van der Waals surface area contributed by atoms with Crippen molar-refractivity contribution in [2.24, 2.45) is 0 Å². The largest absolute Gasteiger partial charge is 0.393 e. The number of benzene rings is 2. The lowest BCUT2D eigenvalue weighted by molar-refractivity contribution is -0.0355. The fourth-order valence-electron chi connectivity index (χ4n) is 3.10. The number of hydrogen-bond acceptors (Lipinski definition) is 3. The van der Waals surface area contributed by atoms with Crippen molar-refractivity contribution in [1.29, 1.82) is 0 Å². The van der Waals surface area contributed by atoms with E-state index >= 15 is 0 Å². The van der Waals surface area contributed by atoms with Crippen LogP contribution in [0.4, 0.5) is 0 Å². The van der Waals surface area contributed by atoms with E-state index in [0.29, 0.717) is 30.8 Å². The summed E-state index contributed by atoms with van der Waals surface area (Å²) in [5, 5.41) is 25.0. The highest BCUT2D eigenvalue weighted by molar-refractivity contribution is 6.30. The highest BCUT2D eigenvalue weighted by atomic mass is 35.5. The average Bonchev–Trinajstić information content (AvgIpc) is 2.57. The van der Waals surface area contributed by atoms with Gasteiger partial charge in [-0.3, -0.25) is 5.32 Å². The van der Waals surface area contributed by atoms with Crippen LogP contribution >= 0.6 is 11.6 Å². The summed E-state index contributed by atoms with van der Waals surface area (Å²) in [4.78, 5) is 0. The van der Waals surface area contributed by atoms with Gasteiger partial charge in [-0.05, 0) is 41.7 Å². The normalized spacial score (nSPS) is 24.8. The first kappa shape index (κ1) is 17.2. The third-order valence-electron chi connectivity index (χ3n) is 4.41. The molecule has 0 aliphatic carbocycles. The molecule has 3 N–H and O–H groups in total. The van der Waals surface area contributed by atoms with Crippen LogP contribution in [0.2, 0.25) is 5.02 Å². The van der Waals surface area contributed by atoms with Gasteiger partial charge in [0.2, 0.25) is 0 Å². The Bertz CT molecular complexity index is 699. The van der Waals surface area contributed by atoms with Crippen LogP contribution in [0.15, 0.2) is 60.2 Å². The molecular formula is C20H22ClNO2. The van der Waals surface area contributed by atoms with Crippen LogP contribution < -0.4 is 5.32 Å². The molecule has 0 saturated carbocycles. The van der Waals surface area contributed by atoms with Crippen LogP contribution in [0.1, 0.15) is 24.0 Å². The van der Waals surface area contributed by atoms with Crippen LogP contribution in [0.5, 0.6) is 0 Å². The molecule has 126 valence electrons. The van der Waals surface area contributed by atoms with Crippen molar-refractivity contribution in [1.82, 2.24) is 5.32 Å². The van der Waals surface area contributed by atoms with E-state index in [9.17, 15) is 10.2 Å². The maximum Gasteiger partial charge on any atom is 0.141 e. The minimum Gasteiger partial charge on any atom is -0.393 e.